The molecule has 0 saturated heterocycles. The number of methoxy groups -OCH3 is 1. The molecule has 1 amide bonds. The summed E-state index contributed by atoms with van der Waals surface area (Å²) in [4.78, 5) is 42.5. The second-order valence-electron chi connectivity index (χ2n) is 6.74. The molecule has 8 nitrogen and oxygen atoms in total. The molecule has 0 aliphatic carbocycles. The standard InChI is InChI=1S/C22H17ClN4O4/c1-26-21(29)18-11-13(20(28)25-15-5-3-14(23)4-6-15)12-24-19(18)27(22(26)30)16-7-9-17(31-2)10-8-16/h3-12H,1-2H3,(H,25,28). The second kappa shape index (κ2) is 8.08. The van der Waals surface area contributed by atoms with Gasteiger partial charge in [0.25, 0.3) is 11.5 Å². The number of hydrogen-bond donors (Lipinski definition) is 1. The lowest BCUT2D eigenvalue weighted by Gasteiger charge is -2.12. The lowest BCUT2D eigenvalue weighted by molar-refractivity contribution is 0.102. The molecular weight excluding hydrogens is 420 g/mol. The summed E-state index contributed by atoms with van der Waals surface area (Å²) in [5.41, 5.74) is 0.301. The van der Waals surface area contributed by atoms with E-state index in [0.29, 0.717) is 22.1 Å². The Balaban J connectivity index is 1.82. The van der Waals surface area contributed by atoms with Crippen LogP contribution in [0.3, 0.4) is 0 Å². The lowest BCUT2D eigenvalue weighted by atomic mass is 10.2. The molecule has 9 heteroatoms. The van der Waals surface area contributed by atoms with E-state index in [9.17, 15) is 14.4 Å². The largest absolute Gasteiger partial charge is 0.497 e. The molecule has 2 aromatic carbocycles. The van der Waals surface area contributed by atoms with E-state index >= 15 is 0 Å². The molecule has 0 aliphatic rings. The van der Waals surface area contributed by atoms with Gasteiger partial charge in [-0.15, -0.1) is 0 Å². The summed E-state index contributed by atoms with van der Waals surface area (Å²) in [5.74, 6) is 0.181. The van der Waals surface area contributed by atoms with Crippen LogP contribution in [0.15, 0.2) is 70.4 Å². The first-order valence-electron chi connectivity index (χ1n) is 9.22. The summed E-state index contributed by atoms with van der Waals surface area (Å²) in [7, 11) is 2.92. The number of carbonyl (C=O) groups is 1. The summed E-state index contributed by atoms with van der Waals surface area (Å²) in [6.45, 7) is 0. The predicted octanol–water partition coefficient (Wildman–Crippen LogP) is 3.00. The van der Waals surface area contributed by atoms with Gasteiger partial charge in [-0.3, -0.25) is 14.2 Å². The van der Waals surface area contributed by atoms with Gasteiger partial charge in [0.2, 0.25) is 0 Å². The van der Waals surface area contributed by atoms with Crippen molar-refractivity contribution in [2.24, 2.45) is 7.05 Å². The molecule has 1 N–H and O–H groups in total. The van der Waals surface area contributed by atoms with E-state index in [0.717, 1.165) is 4.57 Å². The Morgan fingerprint density at radius 3 is 2.39 bits per heavy atom. The maximum absolute atomic E-state index is 12.8. The highest BCUT2D eigenvalue weighted by Gasteiger charge is 2.16. The molecule has 0 atom stereocenters. The maximum Gasteiger partial charge on any atom is 0.337 e. The Hall–Kier alpha value is -3.91. The number of nitrogens with zero attached hydrogens (tertiary/aromatic N) is 3. The minimum atomic E-state index is -0.548. The van der Waals surface area contributed by atoms with E-state index in [2.05, 4.69) is 10.3 Å². The molecule has 156 valence electrons. The van der Waals surface area contributed by atoms with Crippen molar-refractivity contribution < 1.29 is 9.53 Å². The van der Waals surface area contributed by atoms with Gasteiger partial charge in [0.1, 0.15) is 5.75 Å². The number of anilines is 1. The van der Waals surface area contributed by atoms with E-state index in [4.69, 9.17) is 16.3 Å². The molecule has 0 radical (unpaired) electrons. The number of benzene rings is 2. The molecule has 0 spiro atoms. The molecule has 4 rings (SSSR count). The molecular formula is C22H17ClN4O4. The van der Waals surface area contributed by atoms with E-state index in [-0.39, 0.29) is 16.6 Å². The Bertz CT molecular complexity index is 1410. The highest BCUT2D eigenvalue weighted by atomic mass is 35.5. The summed E-state index contributed by atoms with van der Waals surface area (Å²) in [6, 6.07) is 14.8. The fourth-order valence-corrected chi connectivity index (χ4v) is 3.25. The van der Waals surface area contributed by atoms with Gasteiger partial charge >= 0.3 is 5.69 Å². The van der Waals surface area contributed by atoms with Gasteiger partial charge in [0, 0.05) is 24.0 Å². The van der Waals surface area contributed by atoms with Crippen LogP contribution in [0.1, 0.15) is 10.4 Å². The van der Waals surface area contributed by atoms with Crippen LogP contribution < -0.4 is 21.3 Å². The molecule has 0 fully saturated rings. The van der Waals surface area contributed by atoms with Crippen molar-refractivity contribution in [1.82, 2.24) is 14.1 Å². The molecule has 31 heavy (non-hydrogen) atoms. The molecule has 0 unspecified atom stereocenters. The fourth-order valence-electron chi connectivity index (χ4n) is 3.13. The molecule has 0 aliphatic heterocycles. The smallest absolute Gasteiger partial charge is 0.337 e. The van der Waals surface area contributed by atoms with Crippen molar-refractivity contribution in [2.45, 2.75) is 0 Å². The number of pyridine rings is 1. The van der Waals surface area contributed by atoms with Gasteiger partial charge in [0.15, 0.2) is 5.65 Å². The Morgan fingerprint density at radius 2 is 1.74 bits per heavy atom. The van der Waals surface area contributed by atoms with Gasteiger partial charge < -0.3 is 10.1 Å². The Morgan fingerprint density at radius 1 is 1.06 bits per heavy atom. The van der Waals surface area contributed by atoms with Crippen LogP contribution in [0.2, 0.25) is 5.02 Å². The number of carbonyl (C=O) groups excluding carboxylic acids is 1. The molecule has 0 saturated carbocycles. The van der Waals surface area contributed by atoms with E-state index in [1.807, 2.05) is 0 Å². The summed E-state index contributed by atoms with van der Waals surface area (Å²) < 4.78 is 7.45. The van der Waals surface area contributed by atoms with Crippen molar-refractivity contribution in [2.75, 3.05) is 12.4 Å². The van der Waals surface area contributed by atoms with Crippen LogP contribution in [-0.4, -0.2) is 27.1 Å². The monoisotopic (exact) mass is 436 g/mol. The van der Waals surface area contributed by atoms with Gasteiger partial charge in [-0.1, -0.05) is 11.6 Å². The van der Waals surface area contributed by atoms with E-state index in [1.165, 1.54) is 23.9 Å². The van der Waals surface area contributed by atoms with Gasteiger partial charge in [0.05, 0.1) is 23.7 Å². The number of halogens is 1. The lowest BCUT2D eigenvalue weighted by Crippen LogP contribution is -2.38. The fraction of sp³-hybridized carbons (Fsp3) is 0.0909. The number of hydrogen-bond acceptors (Lipinski definition) is 5. The molecule has 4 aromatic rings. The minimum Gasteiger partial charge on any atom is -0.497 e. The van der Waals surface area contributed by atoms with Crippen molar-refractivity contribution in [1.29, 1.82) is 0 Å². The Kier molecular flexibility index (Phi) is 5.31. The quantitative estimate of drug-likeness (QED) is 0.530. The van der Waals surface area contributed by atoms with Crippen LogP contribution in [0.25, 0.3) is 16.7 Å². The maximum atomic E-state index is 12.8. The second-order valence-corrected chi connectivity index (χ2v) is 7.17. The van der Waals surface area contributed by atoms with Crippen molar-refractivity contribution in [3.8, 4) is 11.4 Å². The molecule has 0 bridgehead atoms. The summed E-state index contributed by atoms with van der Waals surface area (Å²) in [5, 5.41) is 3.41. The zero-order chi connectivity index (χ0) is 22.1. The van der Waals surface area contributed by atoms with Gasteiger partial charge in [-0.05, 0) is 54.6 Å². The topological polar surface area (TPSA) is 95.2 Å². The third kappa shape index (κ3) is 3.80. The first kappa shape index (κ1) is 20.4. The van der Waals surface area contributed by atoms with E-state index < -0.39 is 17.2 Å². The van der Waals surface area contributed by atoms with Crippen molar-refractivity contribution >= 4 is 34.2 Å². The third-order valence-electron chi connectivity index (χ3n) is 4.79. The van der Waals surface area contributed by atoms with Crippen LogP contribution >= 0.6 is 11.6 Å². The molecule has 2 aromatic heterocycles. The number of rotatable bonds is 4. The van der Waals surface area contributed by atoms with Crippen molar-refractivity contribution in [3.63, 3.8) is 0 Å². The van der Waals surface area contributed by atoms with Crippen LogP contribution in [-0.2, 0) is 7.05 Å². The zero-order valence-electron chi connectivity index (χ0n) is 16.6. The highest BCUT2D eigenvalue weighted by molar-refractivity contribution is 6.30. The third-order valence-corrected chi connectivity index (χ3v) is 5.04. The van der Waals surface area contributed by atoms with Crippen LogP contribution in [0.5, 0.6) is 5.75 Å². The summed E-state index contributed by atoms with van der Waals surface area (Å²) in [6.07, 6.45) is 1.33. The first-order chi connectivity index (χ1) is 14.9. The zero-order valence-corrected chi connectivity index (χ0v) is 17.4. The van der Waals surface area contributed by atoms with Crippen LogP contribution in [0, 0.1) is 0 Å². The number of nitrogens with one attached hydrogen (secondary N) is 1. The van der Waals surface area contributed by atoms with Gasteiger partial charge in [-0.25, -0.2) is 14.3 Å². The average molecular weight is 437 g/mol. The predicted molar refractivity (Wildman–Crippen MR) is 119 cm³/mol. The molecule has 2 heterocycles. The number of ether oxygens (including phenoxy) is 1. The normalized spacial score (nSPS) is 10.8. The van der Waals surface area contributed by atoms with Crippen molar-refractivity contribution in [3.05, 3.63) is 92.2 Å². The highest BCUT2D eigenvalue weighted by Crippen LogP contribution is 2.18. The average Bonchev–Trinajstić information content (AvgIpc) is 2.79. The Labute approximate surface area is 181 Å². The summed E-state index contributed by atoms with van der Waals surface area (Å²) >= 11 is 5.86. The number of amides is 1. The van der Waals surface area contributed by atoms with Gasteiger partial charge in [-0.2, -0.15) is 0 Å². The van der Waals surface area contributed by atoms with Crippen LogP contribution in [0.4, 0.5) is 5.69 Å². The van der Waals surface area contributed by atoms with E-state index in [1.54, 1.807) is 55.6 Å². The number of fused-ring (bicyclic) bond motifs is 1. The number of aromatic nitrogens is 3. The SMILES string of the molecule is COc1ccc(-n2c(=O)n(C)c(=O)c3cc(C(=O)Nc4ccc(Cl)cc4)cnc32)cc1. The minimum absolute atomic E-state index is 0.140. The first-order valence-corrected chi connectivity index (χ1v) is 9.60.